The van der Waals surface area contributed by atoms with Crippen LogP contribution in [0.25, 0.3) is 11.0 Å². The van der Waals surface area contributed by atoms with Crippen LogP contribution in [0.2, 0.25) is 0 Å². The number of benzene rings is 1. The van der Waals surface area contributed by atoms with Crippen LogP contribution in [0.1, 0.15) is 0 Å². The number of allylic oxidation sites excluding steroid dienone is 4. The number of fused-ring (bicyclic) bond motifs is 2. The summed E-state index contributed by atoms with van der Waals surface area (Å²) in [6, 6.07) is 6.27. The minimum Gasteiger partial charge on any atom is -0.357 e. The molecule has 0 amide bonds. The Balaban J connectivity index is 1.76. The fourth-order valence-electron chi connectivity index (χ4n) is 3.28. The second kappa shape index (κ2) is 5.63. The highest BCUT2D eigenvalue weighted by molar-refractivity contribution is 5.73. The molecule has 150 valence electrons. The van der Waals surface area contributed by atoms with Crippen molar-refractivity contribution in [2.75, 3.05) is 14.1 Å². The van der Waals surface area contributed by atoms with Gasteiger partial charge in [-0.15, -0.1) is 5.10 Å². The van der Waals surface area contributed by atoms with E-state index in [0.29, 0.717) is 16.4 Å². The molecule has 2 aliphatic rings. The first-order chi connectivity index (χ1) is 13.1. The fraction of sp³-hybridized carbons (Fsp3) is 0.375. The molecule has 0 bridgehead atoms. The molecule has 4 rings (SSSR count). The summed E-state index contributed by atoms with van der Waals surface area (Å²) < 4.78 is 88.8. The van der Waals surface area contributed by atoms with E-state index in [0.717, 1.165) is 20.2 Å². The Hall–Kier alpha value is -2.76. The van der Waals surface area contributed by atoms with Gasteiger partial charge >= 0.3 is 11.8 Å². The van der Waals surface area contributed by atoms with Crippen molar-refractivity contribution in [3.05, 3.63) is 47.9 Å². The monoisotopic (exact) mass is 405 g/mol. The average molecular weight is 405 g/mol. The van der Waals surface area contributed by atoms with E-state index in [9.17, 15) is 22.0 Å². The maximum atomic E-state index is 15.3. The first kappa shape index (κ1) is 18.6. The molecule has 2 aromatic rings. The van der Waals surface area contributed by atoms with Gasteiger partial charge in [-0.25, -0.2) is 8.78 Å². The Morgan fingerprint density at radius 2 is 1.79 bits per heavy atom. The van der Waals surface area contributed by atoms with Gasteiger partial charge in [0, 0.05) is 0 Å². The third kappa shape index (κ3) is 1.98. The van der Waals surface area contributed by atoms with Gasteiger partial charge in [-0.3, -0.25) is 4.90 Å². The number of aromatic nitrogens is 3. The fourth-order valence-corrected chi connectivity index (χ4v) is 3.28. The predicted octanol–water partition coefficient (Wildman–Crippen LogP) is 2.71. The van der Waals surface area contributed by atoms with Crippen molar-refractivity contribution >= 4 is 11.0 Å². The lowest BCUT2D eigenvalue weighted by molar-refractivity contribution is -0.301. The summed E-state index contributed by atoms with van der Waals surface area (Å²) >= 11 is 0. The molecule has 3 atom stereocenters. The van der Waals surface area contributed by atoms with Crippen LogP contribution >= 0.6 is 0 Å². The number of alkyl halides is 5. The Labute approximate surface area is 154 Å². The highest BCUT2D eigenvalue weighted by Gasteiger charge is 2.85. The average Bonchev–Trinajstić information content (AvgIpc) is 3.11. The normalized spacial score (nSPS) is 31.8. The molecule has 0 spiro atoms. The lowest BCUT2D eigenvalue weighted by Gasteiger charge is -2.37. The van der Waals surface area contributed by atoms with Gasteiger partial charge in [-0.2, -0.15) is 18.3 Å². The molecular weight excluding hydrogens is 392 g/mol. The van der Waals surface area contributed by atoms with Crippen LogP contribution in [0.3, 0.4) is 0 Å². The smallest absolute Gasteiger partial charge is 0.357 e. The van der Waals surface area contributed by atoms with Gasteiger partial charge in [-0.05, 0) is 43.6 Å². The quantitative estimate of drug-likeness (QED) is 0.447. The molecule has 0 radical (unpaired) electrons. The first-order valence-corrected chi connectivity index (χ1v) is 8.01. The van der Waals surface area contributed by atoms with Gasteiger partial charge in [0.05, 0.1) is 5.70 Å². The Morgan fingerprint density at radius 1 is 1.11 bits per heavy atom. The van der Waals surface area contributed by atoms with Crippen LogP contribution in [0.15, 0.2) is 47.9 Å². The minimum atomic E-state index is -5.11. The second-order valence-electron chi connectivity index (χ2n) is 6.57. The SMILES string of the molecule is CN(C)C1(F)N(F)C2=CC=C(On3nnc4ccccc43)C(F)C2(F)C1(F)F. The lowest BCUT2D eigenvalue weighted by Crippen LogP contribution is -2.63. The van der Waals surface area contributed by atoms with E-state index in [1.165, 1.54) is 6.07 Å². The second-order valence-corrected chi connectivity index (χ2v) is 6.57. The molecule has 3 unspecified atom stereocenters. The molecule has 1 aromatic carbocycles. The van der Waals surface area contributed by atoms with Gasteiger partial charge in [0.15, 0.2) is 5.76 Å². The van der Waals surface area contributed by atoms with E-state index in [2.05, 4.69) is 10.3 Å². The molecule has 1 aromatic heterocycles. The van der Waals surface area contributed by atoms with Crippen LogP contribution in [0.4, 0.5) is 26.4 Å². The number of halogens is 6. The summed E-state index contributed by atoms with van der Waals surface area (Å²) in [5, 5.41) is 6.21. The number of hydrogen-bond acceptors (Lipinski definition) is 5. The van der Waals surface area contributed by atoms with Crippen molar-refractivity contribution < 1.29 is 31.3 Å². The topological polar surface area (TPSA) is 46.4 Å². The maximum absolute atomic E-state index is 15.3. The molecular formula is C16H13F6N5O. The Kier molecular flexibility index (Phi) is 3.74. The van der Waals surface area contributed by atoms with E-state index in [1.807, 2.05) is 0 Å². The van der Waals surface area contributed by atoms with Gasteiger partial charge in [0.2, 0.25) is 6.17 Å². The Bertz CT molecular complexity index is 1010. The molecule has 12 heteroatoms. The molecule has 1 saturated heterocycles. The van der Waals surface area contributed by atoms with Crippen molar-refractivity contribution in [3.8, 4) is 0 Å². The molecule has 28 heavy (non-hydrogen) atoms. The third-order valence-electron chi connectivity index (χ3n) is 4.81. The van der Waals surface area contributed by atoms with Crippen LogP contribution in [0.5, 0.6) is 0 Å². The van der Waals surface area contributed by atoms with Crippen molar-refractivity contribution in [1.29, 1.82) is 0 Å². The van der Waals surface area contributed by atoms with Crippen LogP contribution in [-0.4, -0.2) is 63.0 Å². The van der Waals surface area contributed by atoms with Gasteiger partial charge in [0.1, 0.15) is 11.0 Å². The first-order valence-electron chi connectivity index (χ1n) is 8.01. The van der Waals surface area contributed by atoms with E-state index in [1.54, 1.807) is 18.2 Å². The van der Waals surface area contributed by atoms with Crippen molar-refractivity contribution in [1.82, 2.24) is 25.2 Å². The third-order valence-corrected chi connectivity index (χ3v) is 4.81. The molecule has 1 aliphatic carbocycles. The van der Waals surface area contributed by atoms with Gasteiger partial charge in [0.25, 0.3) is 5.67 Å². The van der Waals surface area contributed by atoms with Crippen molar-refractivity contribution in [2.24, 2.45) is 0 Å². The summed E-state index contributed by atoms with van der Waals surface area (Å²) in [7, 11) is 1.56. The van der Waals surface area contributed by atoms with E-state index in [-0.39, 0.29) is 10.4 Å². The van der Waals surface area contributed by atoms with Crippen LogP contribution < -0.4 is 4.84 Å². The number of para-hydroxylation sites is 1. The van der Waals surface area contributed by atoms with Crippen molar-refractivity contribution in [3.63, 3.8) is 0 Å². The Morgan fingerprint density at radius 3 is 2.46 bits per heavy atom. The molecule has 0 saturated carbocycles. The van der Waals surface area contributed by atoms with Crippen LogP contribution in [0, 0.1) is 0 Å². The van der Waals surface area contributed by atoms with E-state index in [4.69, 9.17) is 4.84 Å². The number of rotatable bonds is 3. The highest BCUT2D eigenvalue weighted by Crippen LogP contribution is 2.61. The summed E-state index contributed by atoms with van der Waals surface area (Å²) in [5.41, 5.74) is -5.24. The highest BCUT2D eigenvalue weighted by atomic mass is 19.3. The summed E-state index contributed by atoms with van der Waals surface area (Å²) in [5.74, 6) is -10.3. The molecule has 6 nitrogen and oxygen atoms in total. The maximum Gasteiger partial charge on any atom is 0.358 e. The van der Waals surface area contributed by atoms with Gasteiger partial charge in [-0.1, -0.05) is 21.5 Å². The minimum absolute atomic E-state index is 0.131. The van der Waals surface area contributed by atoms with Crippen molar-refractivity contribution in [2.45, 2.75) is 23.7 Å². The van der Waals surface area contributed by atoms with Crippen LogP contribution in [-0.2, 0) is 0 Å². The zero-order valence-corrected chi connectivity index (χ0v) is 14.5. The molecule has 1 aliphatic heterocycles. The lowest BCUT2D eigenvalue weighted by atomic mass is 9.86. The van der Waals surface area contributed by atoms with E-state index >= 15 is 4.39 Å². The molecule has 2 heterocycles. The zero-order valence-electron chi connectivity index (χ0n) is 14.5. The molecule has 0 N–H and O–H groups in total. The largest absolute Gasteiger partial charge is 0.358 e. The number of nitrogens with zero attached hydrogens (tertiary/aromatic N) is 5. The predicted molar refractivity (Wildman–Crippen MR) is 84.4 cm³/mol. The molecule has 1 fully saturated rings. The summed E-state index contributed by atoms with van der Waals surface area (Å²) in [4.78, 5) is 5.92. The summed E-state index contributed by atoms with van der Waals surface area (Å²) in [6.07, 6.45) is -1.98. The zero-order chi connectivity index (χ0) is 20.5. The summed E-state index contributed by atoms with van der Waals surface area (Å²) in [6.45, 7) is 0. The van der Waals surface area contributed by atoms with E-state index < -0.39 is 40.3 Å². The standard InChI is InChI=1S/C16H13F6N5O/c1-25(2)16(21)15(19,20)14(18)12(26(16)22)8-7-11(13(14)17)28-27-10-6-4-3-5-9(10)23-24-27/h3-8,13H,1-2H3. The number of hydrogen-bond donors (Lipinski definition) is 0. The van der Waals surface area contributed by atoms with Gasteiger partial charge < -0.3 is 4.84 Å².